The van der Waals surface area contributed by atoms with Gasteiger partial charge < -0.3 is 14.9 Å². The Morgan fingerprint density at radius 1 is 1.28 bits per heavy atom. The average Bonchev–Trinajstić information content (AvgIpc) is 3.36. The third-order valence-corrected chi connectivity index (χ3v) is 5.48. The highest BCUT2D eigenvalue weighted by atomic mass is 16.5. The van der Waals surface area contributed by atoms with Gasteiger partial charge in [0.15, 0.2) is 0 Å². The second-order valence-corrected chi connectivity index (χ2v) is 7.66. The lowest BCUT2D eigenvalue weighted by atomic mass is 10.1. The van der Waals surface area contributed by atoms with Gasteiger partial charge in [0, 0.05) is 29.0 Å². The van der Waals surface area contributed by atoms with E-state index in [2.05, 4.69) is 10.1 Å². The van der Waals surface area contributed by atoms with Gasteiger partial charge >= 0.3 is 5.97 Å². The molecular weight excluding hydrogens is 370 g/mol. The van der Waals surface area contributed by atoms with E-state index in [4.69, 9.17) is 4.74 Å². The lowest BCUT2D eigenvalue weighted by Gasteiger charge is -2.26. The van der Waals surface area contributed by atoms with E-state index in [0.717, 1.165) is 36.8 Å². The zero-order chi connectivity index (χ0) is 20.4. The van der Waals surface area contributed by atoms with Crippen molar-refractivity contribution in [1.29, 1.82) is 0 Å². The van der Waals surface area contributed by atoms with E-state index in [1.807, 2.05) is 25.1 Å². The molecule has 0 saturated heterocycles. The number of carboxylic acids is 1. The van der Waals surface area contributed by atoms with E-state index < -0.39 is 18.2 Å². The zero-order valence-electron chi connectivity index (χ0n) is 16.4. The predicted molar refractivity (Wildman–Crippen MR) is 108 cm³/mol. The number of benzene rings is 1. The molecular formula is C22H25N3O4. The maximum absolute atomic E-state index is 11.5. The van der Waals surface area contributed by atoms with Gasteiger partial charge in [0.1, 0.15) is 17.7 Å². The van der Waals surface area contributed by atoms with E-state index >= 15 is 0 Å². The lowest BCUT2D eigenvalue weighted by molar-refractivity contribution is -0.0845. The molecule has 0 amide bonds. The van der Waals surface area contributed by atoms with Crippen LogP contribution in [0.2, 0.25) is 0 Å². The molecule has 1 fully saturated rings. The average molecular weight is 395 g/mol. The van der Waals surface area contributed by atoms with Crippen LogP contribution in [-0.4, -0.2) is 43.2 Å². The van der Waals surface area contributed by atoms with Crippen LogP contribution in [0.1, 0.15) is 53.4 Å². The van der Waals surface area contributed by atoms with Crippen LogP contribution in [-0.2, 0) is 11.3 Å². The standard InChI is InChI=1S/C22H25N3O4/c1-14-9-10-15(11-23-14)21(26)19(29-17-6-2-3-7-17)13-25-12-16-5-4-8-18(22(27)28)20(16)24-25/h4-5,8-12,17,19,21,26H,2-3,6-7,13H2,1H3,(H,27,28)/t19-,21+/m0/s1. The molecule has 1 saturated carbocycles. The highest BCUT2D eigenvalue weighted by molar-refractivity contribution is 6.01. The first-order chi connectivity index (χ1) is 14.0. The number of aryl methyl sites for hydroxylation is 1. The second kappa shape index (κ2) is 8.31. The van der Waals surface area contributed by atoms with Crippen LogP contribution in [0.5, 0.6) is 0 Å². The summed E-state index contributed by atoms with van der Waals surface area (Å²) in [4.78, 5) is 15.8. The van der Waals surface area contributed by atoms with Crippen LogP contribution >= 0.6 is 0 Å². The molecule has 4 rings (SSSR count). The highest BCUT2D eigenvalue weighted by Crippen LogP contribution is 2.28. The Kier molecular flexibility index (Phi) is 5.60. The van der Waals surface area contributed by atoms with Crippen LogP contribution in [0.25, 0.3) is 10.9 Å². The van der Waals surface area contributed by atoms with Crippen molar-refractivity contribution in [1.82, 2.24) is 14.8 Å². The summed E-state index contributed by atoms with van der Waals surface area (Å²) in [5.41, 5.74) is 2.18. The number of hydrogen-bond donors (Lipinski definition) is 2. The fourth-order valence-electron chi connectivity index (χ4n) is 3.90. The van der Waals surface area contributed by atoms with Gasteiger partial charge in [0.25, 0.3) is 0 Å². The first-order valence-corrected chi connectivity index (χ1v) is 9.97. The molecule has 0 bridgehead atoms. The van der Waals surface area contributed by atoms with Gasteiger partial charge in [-0.1, -0.05) is 31.0 Å². The fourth-order valence-corrected chi connectivity index (χ4v) is 3.90. The predicted octanol–water partition coefficient (Wildman–Crippen LogP) is 3.50. The second-order valence-electron chi connectivity index (χ2n) is 7.66. The van der Waals surface area contributed by atoms with Crippen molar-refractivity contribution >= 4 is 16.9 Å². The molecule has 0 aliphatic heterocycles. The summed E-state index contributed by atoms with van der Waals surface area (Å²) in [6, 6.07) is 8.81. The van der Waals surface area contributed by atoms with Gasteiger partial charge in [-0.3, -0.25) is 9.67 Å². The fraction of sp³-hybridized carbons (Fsp3) is 0.409. The van der Waals surface area contributed by atoms with Crippen molar-refractivity contribution in [3.05, 3.63) is 59.5 Å². The molecule has 2 heterocycles. The van der Waals surface area contributed by atoms with Crippen molar-refractivity contribution in [2.24, 2.45) is 0 Å². The van der Waals surface area contributed by atoms with Gasteiger partial charge in [-0.05, 0) is 31.9 Å². The smallest absolute Gasteiger partial charge is 0.337 e. The molecule has 1 aliphatic rings. The molecule has 1 aromatic carbocycles. The van der Waals surface area contributed by atoms with Crippen LogP contribution in [0.3, 0.4) is 0 Å². The number of aliphatic hydroxyl groups is 1. The van der Waals surface area contributed by atoms with Crippen molar-refractivity contribution in [3.63, 3.8) is 0 Å². The van der Waals surface area contributed by atoms with E-state index in [0.29, 0.717) is 17.6 Å². The number of fused-ring (bicyclic) bond motifs is 1. The van der Waals surface area contributed by atoms with E-state index in [9.17, 15) is 15.0 Å². The largest absolute Gasteiger partial charge is 0.478 e. The molecule has 2 aromatic heterocycles. The molecule has 0 unspecified atom stereocenters. The third kappa shape index (κ3) is 4.31. The quantitative estimate of drug-likeness (QED) is 0.635. The number of aromatic nitrogens is 3. The summed E-state index contributed by atoms with van der Waals surface area (Å²) in [5.74, 6) is -1.01. The number of carboxylic acid groups (broad SMARTS) is 1. The topological polar surface area (TPSA) is 97.5 Å². The number of carbonyl (C=O) groups is 1. The Morgan fingerprint density at radius 2 is 2.07 bits per heavy atom. The molecule has 0 spiro atoms. The molecule has 7 heteroatoms. The van der Waals surface area contributed by atoms with Crippen LogP contribution < -0.4 is 0 Å². The minimum Gasteiger partial charge on any atom is -0.478 e. The molecule has 29 heavy (non-hydrogen) atoms. The minimum absolute atomic E-state index is 0.118. The number of hydrogen-bond acceptors (Lipinski definition) is 5. The Morgan fingerprint density at radius 3 is 2.76 bits per heavy atom. The zero-order valence-corrected chi connectivity index (χ0v) is 16.4. The van der Waals surface area contributed by atoms with Crippen LogP contribution in [0.15, 0.2) is 42.7 Å². The van der Waals surface area contributed by atoms with Gasteiger partial charge in [-0.15, -0.1) is 0 Å². The summed E-state index contributed by atoms with van der Waals surface area (Å²) >= 11 is 0. The first kappa shape index (κ1) is 19.5. The number of pyridine rings is 1. The molecule has 152 valence electrons. The summed E-state index contributed by atoms with van der Waals surface area (Å²) in [6.45, 7) is 2.22. The first-order valence-electron chi connectivity index (χ1n) is 9.97. The summed E-state index contributed by atoms with van der Waals surface area (Å²) in [6.07, 6.45) is 6.47. The normalized spacial score (nSPS) is 16.9. The molecule has 1 aliphatic carbocycles. The Labute approximate surface area is 169 Å². The molecule has 2 atom stereocenters. The maximum Gasteiger partial charge on any atom is 0.337 e. The highest BCUT2D eigenvalue weighted by Gasteiger charge is 2.28. The van der Waals surface area contributed by atoms with Crippen LogP contribution in [0, 0.1) is 6.92 Å². The number of nitrogens with zero attached hydrogens (tertiary/aromatic N) is 3. The molecule has 3 aromatic rings. The Balaban J connectivity index is 1.62. The summed E-state index contributed by atoms with van der Waals surface area (Å²) in [7, 11) is 0. The van der Waals surface area contributed by atoms with Crippen LogP contribution in [0.4, 0.5) is 0 Å². The van der Waals surface area contributed by atoms with Gasteiger partial charge in [-0.2, -0.15) is 5.10 Å². The minimum atomic E-state index is -1.01. The van der Waals surface area contributed by atoms with Gasteiger partial charge in [0.2, 0.25) is 0 Å². The van der Waals surface area contributed by atoms with Gasteiger partial charge in [0.05, 0.1) is 18.2 Å². The number of aliphatic hydroxyl groups excluding tert-OH is 1. The number of aromatic carboxylic acids is 1. The summed E-state index contributed by atoms with van der Waals surface area (Å²) in [5, 5.41) is 25.6. The van der Waals surface area contributed by atoms with E-state index in [1.165, 1.54) is 0 Å². The van der Waals surface area contributed by atoms with Crippen molar-refractivity contribution < 1.29 is 19.7 Å². The monoisotopic (exact) mass is 395 g/mol. The Hall–Kier alpha value is -2.77. The molecule has 0 radical (unpaired) electrons. The summed E-state index contributed by atoms with van der Waals surface area (Å²) < 4.78 is 7.95. The van der Waals surface area contributed by atoms with Crippen molar-refractivity contribution in [3.8, 4) is 0 Å². The van der Waals surface area contributed by atoms with Crippen molar-refractivity contribution in [2.75, 3.05) is 0 Å². The third-order valence-electron chi connectivity index (χ3n) is 5.48. The number of rotatable bonds is 7. The molecule has 2 N–H and O–H groups in total. The van der Waals surface area contributed by atoms with E-state index in [1.54, 1.807) is 29.2 Å². The Bertz CT molecular complexity index is 993. The van der Waals surface area contributed by atoms with Crippen molar-refractivity contribution in [2.45, 2.75) is 57.5 Å². The van der Waals surface area contributed by atoms with E-state index in [-0.39, 0.29) is 11.7 Å². The lowest BCUT2D eigenvalue weighted by Crippen LogP contribution is -2.31. The SMILES string of the molecule is Cc1ccc([C@@H](O)[C@H](Cn2cc3cccc(C(=O)O)c3n2)OC2CCCC2)cn1. The number of ether oxygens (including phenoxy) is 1. The molecule has 7 nitrogen and oxygen atoms in total. The maximum atomic E-state index is 11.5. The van der Waals surface area contributed by atoms with Gasteiger partial charge in [-0.25, -0.2) is 4.79 Å².